The first kappa shape index (κ1) is 14.0. The molecule has 0 spiro atoms. The minimum Gasteiger partial charge on any atom is -0.348 e. The zero-order valence-electron chi connectivity index (χ0n) is 11.5. The predicted molar refractivity (Wildman–Crippen MR) is 63.9 cm³/mol. The van der Waals surface area contributed by atoms with Gasteiger partial charge in [-0.15, -0.1) is 0 Å². The van der Waals surface area contributed by atoms with Crippen LogP contribution in [0.2, 0.25) is 0 Å². The molecule has 19 heavy (non-hydrogen) atoms. The van der Waals surface area contributed by atoms with E-state index in [0.29, 0.717) is 6.61 Å². The third-order valence-corrected chi connectivity index (χ3v) is 3.40. The van der Waals surface area contributed by atoms with Crippen molar-refractivity contribution in [2.75, 3.05) is 20.7 Å². The maximum atomic E-state index is 12.0. The van der Waals surface area contributed by atoms with Gasteiger partial charge in [-0.3, -0.25) is 19.4 Å². The zero-order valence-corrected chi connectivity index (χ0v) is 11.5. The molecule has 0 aromatic heterocycles. The summed E-state index contributed by atoms with van der Waals surface area (Å²) in [4.78, 5) is 37.5. The van der Waals surface area contributed by atoms with E-state index < -0.39 is 29.6 Å². The summed E-state index contributed by atoms with van der Waals surface area (Å²) in [7, 11) is 2.74. The smallest absolute Gasteiger partial charge is 0.332 e. The number of hydrogen-bond donors (Lipinski definition) is 0. The first-order chi connectivity index (χ1) is 8.73. The van der Waals surface area contributed by atoms with E-state index in [9.17, 15) is 14.4 Å². The molecule has 7 nitrogen and oxygen atoms in total. The van der Waals surface area contributed by atoms with Gasteiger partial charge in [0.25, 0.3) is 0 Å². The molecule has 0 N–H and O–H groups in total. The Morgan fingerprint density at radius 1 is 1.16 bits per heavy atom. The van der Waals surface area contributed by atoms with Gasteiger partial charge >= 0.3 is 6.03 Å². The van der Waals surface area contributed by atoms with Crippen LogP contribution in [0.1, 0.15) is 20.3 Å². The molecular formula is C12H18N2O5. The van der Waals surface area contributed by atoms with Gasteiger partial charge in [0.2, 0.25) is 11.8 Å². The molecule has 7 heteroatoms. The SMILES string of the molecule is CN1C(=O)C(C[C@H]2COC(C)(C)O2)C(=O)N(C)C1=O. The van der Waals surface area contributed by atoms with Crippen LogP contribution in [0.25, 0.3) is 0 Å². The number of carbonyl (C=O) groups is 3. The van der Waals surface area contributed by atoms with Crippen molar-refractivity contribution in [2.24, 2.45) is 5.92 Å². The van der Waals surface area contributed by atoms with E-state index in [1.54, 1.807) is 13.8 Å². The second-order valence-electron chi connectivity index (χ2n) is 5.32. The van der Waals surface area contributed by atoms with E-state index in [1.807, 2.05) is 0 Å². The second kappa shape index (κ2) is 4.57. The number of carbonyl (C=O) groups excluding carboxylic acids is 3. The van der Waals surface area contributed by atoms with Gasteiger partial charge in [-0.2, -0.15) is 0 Å². The summed E-state index contributed by atoms with van der Waals surface area (Å²) in [6, 6.07) is -0.602. The summed E-state index contributed by atoms with van der Waals surface area (Å²) < 4.78 is 11.0. The number of hydrogen-bond acceptors (Lipinski definition) is 5. The minimum absolute atomic E-state index is 0.225. The van der Waals surface area contributed by atoms with Gasteiger partial charge in [-0.1, -0.05) is 0 Å². The molecule has 2 aliphatic heterocycles. The highest BCUT2D eigenvalue weighted by Gasteiger charge is 2.45. The van der Waals surface area contributed by atoms with Crippen molar-refractivity contribution in [1.29, 1.82) is 0 Å². The highest BCUT2D eigenvalue weighted by atomic mass is 16.7. The Kier molecular flexibility index (Phi) is 3.36. The van der Waals surface area contributed by atoms with Crippen molar-refractivity contribution in [3.05, 3.63) is 0 Å². The van der Waals surface area contributed by atoms with Crippen LogP contribution in [0.5, 0.6) is 0 Å². The summed E-state index contributed by atoms with van der Waals surface area (Å²) in [6.45, 7) is 3.89. The number of imide groups is 2. The summed E-state index contributed by atoms with van der Waals surface area (Å²) in [5, 5.41) is 0. The first-order valence-electron chi connectivity index (χ1n) is 6.14. The van der Waals surface area contributed by atoms with Gasteiger partial charge in [0.05, 0.1) is 12.7 Å². The molecule has 2 fully saturated rings. The maximum Gasteiger partial charge on any atom is 0.332 e. The summed E-state index contributed by atoms with van der Waals surface area (Å²) in [5.41, 5.74) is 0. The maximum absolute atomic E-state index is 12.0. The number of urea groups is 1. The molecule has 2 saturated heterocycles. The third kappa shape index (κ3) is 2.48. The van der Waals surface area contributed by atoms with Gasteiger partial charge in [-0.25, -0.2) is 4.79 Å². The standard InChI is InChI=1S/C12H18N2O5/c1-12(2)18-6-7(19-12)5-8-9(15)13(3)11(17)14(4)10(8)16/h7-8H,5-6H2,1-4H3/t7-/m0/s1. The molecule has 0 aliphatic carbocycles. The van der Waals surface area contributed by atoms with Crippen LogP contribution in [-0.2, 0) is 19.1 Å². The quantitative estimate of drug-likeness (QED) is 0.670. The van der Waals surface area contributed by atoms with Crippen molar-refractivity contribution in [1.82, 2.24) is 9.80 Å². The number of nitrogens with zero attached hydrogens (tertiary/aromatic N) is 2. The average Bonchev–Trinajstić information content (AvgIpc) is 2.69. The highest BCUT2D eigenvalue weighted by molar-refractivity contribution is 6.15. The van der Waals surface area contributed by atoms with Crippen molar-refractivity contribution in [3.63, 3.8) is 0 Å². The van der Waals surface area contributed by atoms with Gasteiger partial charge in [0.15, 0.2) is 5.79 Å². The van der Waals surface area contributed by atoms with E-state index in [-0.39, 0.29) is 12.5 Å². The molecule has 0 aromatic carbocycles. The topological polar surface area (TPSA) is 76.2 Å². The van der Waals surface area contributed by atoms with Crippen LogP contribution in [0.4, 0.5) is 4.79 Å². The third-order valence-electron chi connectivity index (χ3n) is 3.40. The number of barbiturate groups is 1. The van der Waals surface area contributed by atoms with Gasteiger partial charge < -0.3 is 9.47 Å². The van der Waals surface area contributed by atoms with Gasteiger partial charge in [-0.05, 0) is 20.3 Å². The number of amides is 4. The Morgan fingerprint density at radius 2 is 1.68 bits per heavy atom. The Morgan fingerprint density at radius 3 is 2.11 bits per heavy atom. The van der Waals surface area contributed by atoms with Crippen molar-refractivity contribution >= 4 is 17.8 Å². The normalized spacial score (nSPS) is 28.4. The largest absolute Gasteiger partial charge is 0.348 e. The summed E-state index contributed by atoms with van der Waals surface area (Å²) in [6.07, 6.45) is -0.0915. The highest BCUT2D eigenvalue weighted by Crippen LogP contribution is 2.28. The molecule has 0 bridgehead atoms. The molecule has 4 amide bonds. The number of ether oxygens (including phenoxy) is 2. The molecule has 1 atom stereocenters. The monoisotopic (exact) mass is 270 g/mol. The number of rotatable bonds is 2. The van der Waals surface area contributed by atoms with Crippen LogP contribution in [0.15, 0.2) is 0 Å². The van der Waals surface area contributed by atoms with Crippen LogP contribution in [-0.4, -0.2) is 60.2 Å². The van der Waals surface area contributed by atoms with Crippen molar-refractivity contribution in [2.45, 2.75) is 32.2 Å². The molecule has 2 aliphatic rings. The Labute approximate surface area is 111 Å². The molecule has 0 radical (unpaired) electrons. The Hall–Kier alpha value is -1.47. The van der Waals surface area contributed by atoms with E-state index in [1.165, 1.54) is 14.1 Å². The van der Waals surface area contributed by atoms with E-state index >= 15 is 0 Å². The molecule has 0 unspecified atom stereocenters. The Balaban J connectivity index is 2.09. The lowest BCUT2D eigenvalue weighted by Crippen LogP contribution is -2.57. The van der Waals surface area contributed by atoms with Crippen LogP contribution >= 0.6 is 0 Å². The van der Waals surface area contributed by atoms with Crippen LogP contribution in [0.3, 0.4) is 0 Å². The molecular weight excluding hydrogens is 252 g/mol. The molecule has 0 aromatic rings. The molecule has 0 saturated carbocycles. The first-order valence-corrected chi connectivity index (χ1v) is 6.14. The van der Waals surface area contributed by atoms with Gasteiger partial charge in [0, 0.05) is 14.1 Å². The van der Waals surface area contributed by atoms with Crippen LogP contribution < -0.4 is 0 Å². The Bertz CT molecular complexity index is 410. The molecule has 106 valence electrons. The lowest BCUT2D eigenvalue weighted by Gasteiger charge is -2.33. The summed E-state index contributed by atoms with van der Waals surface area (Å²) in [5.74, 6) is -2.54. The lowest BCUT2D eigenvalue weighted by molar-refractivity contribution is -0.154. The fourth-order valence-electron chi connectivity index (χ4n) is 2.33. The zero-order chi connectivity index (χ0) is 14.4. The van der Waals surface area contributed by atoms with E-state index in [4.69, 9.17) is 9.47 Å². The van der Waals surface area contributed by atoms with Crippen molar-refractivity contribution in [3.8, 4) is 0 Å². The van der Waals surface area contributed by atoms with Crippen molar-refractivity contribution < 1.29 is 23.9 Å². The predicted octanol–water partition coefficient (Wildman–Crippen LogP) is 0.195. The second-order valence-corrected chi connectivity index (χ2v) is 5.32. The van der Waals surface area contributed by atoms with Crippen LogP contribution in [0, 0.1) is 5.92 Å². The van der Waals surface area contributed by atoms with E-state index in [0.717, 1.165) is 9.80 Å². The fourth-order valence-corrected chi connectivity index (χ4v) is 2.33. The molecule has 2 heterocycles. The minimum atomic E-state index is -0.879. The van der Waals surface area contributed by atoms with Gasteiger partial charge in [0.1, 0.15) is 5.92 Å². The van der Waals surface area contributed by atoms with E-state index in [2.05, 4.69) is 0 Å². The fraction of sp³-hybridized carbons (Fsp3) is 0.750. The average molecular weight is 270 g/mol. The lowest BCUT2D eigenvalue weighted by atomic mass is 9.97. The molecule has 2 rings (SSSR count). The summed E-state index contributed by atoms with van der Waals surface area (Å²) >= 11 is 0.